The van der Waals surface area contributed by atoms with Crippen LogP contribution in [0, 0.1) is 5.92 Å². The van der Waals surface area contributed by atoms with Gasteiger partial charge in [-0.2, -0.15) is 4.98 Å². The monoisotopic (exact) mass is 282 g/mol. The Morgan fingerprint density at radius 3 is 2.75 bits per heavy atom. The van der Waals surface area contributed by atoms with Gasteiger partial charge in [-0.3, -0.25) is 0 Å². The molecule has 2 saturated carbocycles. The minimum atomic E-state index is 0.572. The summed E-state index contributed by atoms with van der Waals surface area (Å²) < 4.78 is 6.51. The Kier molecular flexibility index (Phi) is 2.84. The Hall–Kier alpha value is -0.640. The summed E-state index contributed by atoms with van der Waals surface area (Å²) in [6.45, 7) is 0.790. The number of hydrogen-bond donors (Lipinski definition) is 0. The van der Waals surface area contributed by atoms with Crippen molar-refractivity contribution in [3.05, 3.63) is 16.5 Å². The zero-order valence-corrected chi connectivity index (χ0v) is 10.7. The van der Waals surface area contributed by atoms with E-state index in [0.29, 0.717) is 5.92 Å². The largest absolute Gasteiger partial charge is 0.478 e. The van der Waals surface area contributed by atoms with Crippen molar-refractivity contribution in [2.45, 2.75) is 38.0 Å². The van der Waals surface area contributed by atoms with E-state index in [1.54, 1.807) is 0 Å². The molecular weight excluding hydrogens is 268 g/mol. The Balaban J connectivity index is 1.62. The van der Waals surface area contributed by atoms with Gasteiger partial charge >= 0.3 is 0 Å². The number of hydrogen-bond acceptors (Lipinski definition) is 3. The van der Waals surface area contributed by atoms with E-state index in [1.807, 2.05) is 6.07 Å². The molecule has 0 radical (unpaired) electrons. The summed E-state index contributed by atoms with van der Waals surface area (Å²) >= 11 is 3.41. The van der Waals surface area contributed by atoms with Crippen molar-refractivity contribution in [1.29, 1.82) is 0 Å². The van der Waals surface area contributed by atoms with Gasteiger partial charge in [0.25, 0.3) is 0 Å². The molecule has 16 heavy (non-hydrogen) atoms. The van der Waals surface area contributed by atoms with Crippen molar-refractivity contribution in [2.24, 2.45) is 5.92 Å². The molecule has 3 rings (SSSR count). The highest BCUT2D eigenvalue weighted by atomic mass is 79.9. The smallest absolute Gasteiger partial charge is 0.217 e. The van der Waals surface area contributed by atoms with Crippen LogP contribution in [0.5, 0.6) is 5.88 Å². The van der Waals surface area contributed by atoms with Crippen LogP contribution in [0.2, 0.25) is 0 Å². The van der Waals surface area contributed by atoms with Gasteiger partial charge in [0.2, 0.25) is 5.88 Å². The summed E-state index contributed by atoms with van der Waals surface area (Å²) in [6.07, 6.45) is 6.37. The second-order valence-electron chi connectivity index (χ2n) is 4.74. The molecule has 2 aliphatic carbocycles. The quantitative estimate of drug-likeness (QED) is 0.778. The molecule has 3 nitrogen and oxygen atoms in total. The van der Waals surface area contributed by atoms with Gasteiger partial charge in [-0.1, -0.05) is 12.8 Å². The van der Waals surface area contributed by atoms with Crippen molar-refractivity contribution in [1.82, 2.24) is 9.97 Å². The van der Waals surface area contributed by atoms with Gasteiger partial charge in [0.05, 0.1) is 6.61 Å². The maximum atomic E-state index is 5.68. The van der Waals surface area contributed by atoms with Gasteiger partial charge in [-0.25, -0.2) is 4.98 Å². The first-order chi connectivity index (χ1) is 7.81. The first kappa shape index (κ1) is 10.5. The van der Waals surface area contributed by atoms with Crippen molar-refractivity contribution < 1.29 is 4.74 Å². The molecule has 2 fully saturated rings. The normalized spacial score (nSPS) is 19.8. The van der Waals surface area contributed by atoms with Gasteiger partial charge in [-0.05, 0) is 41.1 Å². The second-order valence-corrected chi connectivity index (χ2v) is 5.55. The second kappa shape index (κ2) is 4.32. The zero-order chi connectivity index (χ0) is 11.0. The third kappa shape index (κ3) is 2.73. The molecule has 0 amide bonds. The molecule has 0 aromatic carbocycles. The molecule has 0 bridgehead atoms. The lowest BCUT2D eigenvalue weighted by molar-refractivity contribution is 0.289. The topological polar surface area (TPSA) is 35.0 Å². The highest BCUT2D eigenvalue weighted by Gasteiger charge is 2.27. The fourth-order valence-corrected chi connectivity index (χ4v) is 2.13. The van der Waals surface area contributed by atoms with E-state index in [-0.39, 0.29) is 0 Å². The van der Waals surface area contributed by atoms with Crippen molar-refractivity contribution in [3.63, 3.8) is 0 Å². The first-order valence-corrected chi connectivity index (χ1v) is 6.78. The Bertz CT molecular complexity index is 389. The number of aromatic nitrogens is 2. The molecular formula is C12H15BrN2O. The van der Waals surface area contributed by atoms with E-state index in [4.69, 9.17) is 4.74 Å². The van der Waals surface area contributed by atoms with Gasteiger partial charge < -0.3 is 4.74 Å². The minimum absolute atomic E-state index is 0.572. The highest BCUT2D eigenvalue weighted by molar-refractivity contribution is 9.10. The molecule has 1 aromatic rings. The molecule has 0 spiro atoms. The molecule has 0 atom stereocenters. The first-order valence-electron chi connectivity index (χ1n) is 5.98. The van der Waals surface area contributed by atoms with Crippen LogP contribution in [0.25, 0.3) is 0 Å². The summed E-state index contributed by atoms with van der Waals surface area (Å²) in [4.78, 5) is 8.83. The lowest BCUT2D eigenvalue weighted by Crippen LogP contribution is -2.02. The van der Waals surface area contributed by atoms with Crippen LogP contribution < -0.4 is 4.74 Å². The predicted octanol–water partition coefficient (Wildman–Crippen LogP) is 3.30. The fraction of sp³-hybridized carbons (Fsp3) is 0.667. The summed E-state index contributed by atoms with van der Waals surface area (Å²) in [6, 6.07) is 1.86. The zero-order valence-electron chi connectivity index (χ0n) is 9.16. The molecule has 0 saturated heterocycles. The highest BCUT2D eigenvalue weighted by Crippen LogP contribution is 2.39. The maximum absolute atomic E-state index is 5.68. The van der Waals surface area contributed by atoms with Crippen LogP contribution in [0.3, 0.4) is 0 Å². The number of ether oxygens (including phenoxy) is 1. The lowest BCUT2D eigenvalue weighted by atomic mass is 10.3. The minimum Gasteiger partial charge on any atom is -0.478 e. The fourth-order valence-electron chi connectivity index (χ4n) is 1.75. The molecule has 1 heterocycles. The molecule has 0 aliphatic heterocycles. The average Bonchev–Trinajstić information content (AvgIpc) is 3.12. The number of nitrogens with zero attached hydrogens (tertiary/aromatic N) is 2. The molecule has 1 aromatic heterocycles. The summed E-state index contributed by atoms with van der Waals surface area (Å²) in [5, 5.41) is 0. The van der Waals surface area contributed by atoms with E-state index in [1.165, 1.54) is 32.1 Å². The molecule has 86 valence electrons. The van der Waals surface area contributed by atoms with Crippen molar-refractivity contribution in [3.8, 4) is 5.88 Å². The van der Waals surface area contributed by atoms with E-state index in [0.717, 1.165) is 28.8 Å². The van der Waals surface area contributed by atoms with E-state index < -0.39 is 0 Å². The van der Waals surface area contributed by atoms with Crippen LogP contribution in [0.1, 0.15) is 43.8 Å². The number of halogens is 1. The van der Waals surface area contributed by atoms with Crippen LogP contribution in [0.4, 0.5) is 0 Å². The van der Waals surface area contributed by atoms with Crippen LogP contribution in [-0.4, -0.2) is 16.6 Å². The third-order valence-corrected chi connectivity index (χ3v) is 3.51. The van der Waals surface area contributed by atoms with Gasteiger partial charge in [0.15, 0.2) is 0 Å². The van der Waals surface area contributed by atoms with Crippen molar-refractivity contribution in [2.75, 3.05) is 6.61 Å². The summed E-state index contributed by atoms with van der Waals surface area (Å²) in [7, 11) is 0. The van der Waals surface area contributed by atoms with E-state index in [2.05, 4.69) is 25.9 Å². The Labute approximate surface area is 104 Å². The summed E-state index contributed by atoms with van der Waals surface area (Å²) in [5.74, 6) is 3.15. The standard InChI is InChI=1S/C12H15BrN2O/c13-10-7-11(16-6-5-8-1-2-8)15-12(14-10)9-3-4-9/h7-9H,1-6H2. The number of rotatable bonds is 5. The van der Waals surface area contributed by atoms with Crippen molar-refractivity contribution >= 4 is 15.9 Å². The summed E-state index contributed by atoms with van der Waals surface area (Å²) in [5.41, 5.74) is 0. The van der Waals surface area contributed by atoms with Gasteiger partial charge in [-0.15, -0.1) is 0 Å². The Morgan fingerprint density at radius 1 is 1.25 bits per heavy atom. The van der Waals surface area contributed by atoms with Crippen LogP contribution in [0.15, 0.2) is 10.7 Å². The predicted molar refractivity (Wildman–Crippen MR) is 64.5 cm³/mol. The average molecular weight is 283 g/mol. The molecule has 4 heteroatoms. The van der Waals surface area contributed by atoms with E-state index in [9.17, 15) is 0 Å². The van der Waals surface area contributed by atoms with Crippen LogP contribution >= 0.6 is 15.9 Å². The third-order valence-electron chi connectivity index (χ3n) is 3.10. The molecule has 2 aliphatic rings. The van der Waals surface area contributed by atoms with Gasteiger partial charge in [0, 0.05) is 12.0 Å². The van der Waals surface area contributed by atoms with E-state index >= 15 is 0 Å². The lowest BCUT2D eigenvalue weighted by Gasteiger charge is -2.06. The van der Waals surface area contributed by atoms with Crippen LogP contribution in [-0.2, 0) is 0 Å². The Morgan fingerprint density at radius 2 is 2.06 bits per heavy atom. The SMILES string of the molecule is Brc1cc(OCCC2CC2)nc(C2CC2)n1. The molecule has 0 unspecified atom stereocenters. The maximum Gasteiger partial charge on any atom is 0.217 e. The van der Waals surface area contributed by atoms with Gasteiger partial charge in [0.1, 0.15) is 10.4 Å². The molecule has 0 N–H and O–H groups in total.